The molecular formula is C18H24N4O. The van der Waals surface area contributed by atoms with Gasteiger partial charge in [-0.05, 0) is 56.1 Å². The van der Waals surface area contributed by atoms with Crippen LogP contribution in [0.1, 0.15) is 54.7 Å². The normalized spacial score (nSPS) is 21.3. The van der Waals surface area contributed by atoms with Gasteiger partial charge >= 0.3 is 0 Å². The van der Waals surface area contributed by atoms with Crippen LogP contribution in [0.4, 0.5) is 5.95 Å². The third kappa shape index (κ3) is 3.11. The molecule has 4 rings (SSSR count). The zero-order valence-electron chi connectivity index (χ0n) is 13.9. The molecule has 0 N–H and O–H groups in total. The molecule has 23 heavy (non-hydrogen) atoms. The summed E-state index contributed by atoms with van der Waals surface area (Å²) in [6.45, 7) is 1.98. The van der Waals surface area contributed by atoms with Crippen LogP contribution in [0.5, 0.6) is 0 Å². The Kier molecular flexibility index (Phi) is 3.81. The number of benzene rings is 1. The van der Waals surface area contributed by atoms with E-state index in [9.17, 15) is 0 Å². The molecule has 1 aromatic carbocycles. The predicted octanol–water partition coefficient (Wildman–Crippen LogP) is 3.35. The fourth-order valence-corrected chi connectivity index (χ4v) is 3.40. The third-order valence-electron chi connectivity index (χ3n) is 4.73. The fraction of sp³-hybridized carbons (Fsp3) is 0.556. The topological polar surface area (TPSA) is 45.4 Å². The summed E-state index contributed by atoms with van der Waals surface area (Å²) >= 11 is 0. The highest BCUT2D eigenvalue weighted by molar-refractivity contribution is 5.38. The summed E-state index contributed by atoms with van der Waals surface area (Å²) in [5, 5.41) is 4.23. The Labute approximate surface area is 137 Å². The standard InChI is InChI=1S/C18H24N4O/c1-21(2)12-13-5-7-14(8-6-13)16-4-3-11-22(16)18-19-17(23-20-18)15-9-10-15/h5-8,15-16H,3-4,9-12H2,1-2H3. The van der Waals surface area contributed by atoms with Crippen molar-refractivity contribution in [2.24, 2.45) is 0 Å². The smallest absolute Gasteiger partial charge is 0.266 e. The molecule has 0 amide bonds. The van der Waals surface area contributed by atoms with Gasteiger partial charge in [0, 0.05) is 19.0 Å². The molecule has 1 atom stereocenters. The molecule has 1 saturated carbocycles. The summed E-state index contributed by atoms with van der Waals surface area (Å²) in [6.07, 6.45) is 4.72. The van der Waals surface area contributed by atoms with Crippen molar-refractivity contribution in [2.75, 3.05) is 25.5 Å². The van der Waals surface area contributed by atoms with Crippen molar-refractivity contribution in [2.45, 2.75) is 44.2 Å². The maximum Gasteiger partial charge on any atom is 0.266 e. The van der Waals surface area contributed by atoms with Gasteiger partial charge in [-0.25, -0.2) is 0 Å². The molecular weight excluding hydrogens is 288 g/mol. The fourth-order valence-electron chi connectivity index (χ4n) is 3.40. The van der Waals surface area contributed by atoms with Crippen molar-refractivity contribution in [3.8, 4) is 0 Å². The lowest BCUT2D eigenvalue weighted by molar-refractivity contribution is 0.378. The van der Waals surface area contributed by atoms with E-state index in [0.29, 0.717) is 12.0 Å². The quantitative estimate of drug-likeness (QED) is 0.847. The molecule has 1 aromatic heterocycles. The lowest BCUT2D eigenvalue weighted by Crippen LogP contribution is -2.23. The summed E-state index contributed by atoms with van der Waals surface area (Å²) in [6, 6.07) is 9.34. The number of hydrogen-bond acceptors (Lipinski definition) is 5. The van der Waals surface area contributed by atoms with Crippen LogP contribution in [0, 0.1) is 0 Å². The second-order valence-corrected chi connectivity index (χ2v) is 7.04. The largest absolute Gasteiger partial charge is 0.337 e. The van der Waals surface area contributed by atoms with E-state index in [-0.39, 0.29) is 0 Å². The van der Waals surface area contributed by atoms with Gasteiger partial charge in [0.1, 0.15) is 0 Å². The van der Waals surface area contributed by atoms with Crippen LogP contribution in [0.15, 0.2) is 28.8 Å². The predicted molar refractivity (Wildman–Crippen MR) is 89.4 cm³/mol. The van der Waals surface area contributed by atoms with E-state index in [1.54, 1.807) is 0 Å². The van der Waals surface area contributed by atoms with Gasteiger partial charge in [0.05, 0.1) is 6.04 Å². The first kappa shape index (κ1) is 14.7. The van der Waals surface area contributed by atoms with Crippen molar-refractivity contribution >= 4 is 5.95 Å². The van der Waals surface area contributed by atoms with Crippen molar-refractivity contribution in [3.63, 3.8) is 0 Å². The number of anilines is 1. The van der Waals surface area contributed by atoms with Crippen molar-refractivity contribution in [3.05, 3.63) is 41.3 Å². The molecule has 2 aromatic rings. The minimum atomic E-state index is 0.369. The maximum atomic E-state index is 5.44. The molecule has 122 valence electrons. The van der Waals surface area contributed by atoms with Crippen molar-refractivity contribution < 1.29 is 4.52 Å². The molecule has 5 heteroatoms. The average molecular weight is 312 g/mol. The first-order chi connectivity index (χ1) is 11.2. The van der Waals surface area contributed by atoms with Crippen LogP contribution in [0.3, 0.4) is 0 Å². The zero-order chi connectivity index (χ0) is 15.8. The van der Waals surface area contributed by atoms with Gasteiger partial charge in [0.25, 0.3) is 5.95 Å². The second-order valence-electron chi connectivity index (χ2n) is 7.04. The third-order valence-corrected chi connectivity index (χ3v) is 4.73. The molecule has 1 aliphatic heterocycles. The zero-order valence-corrected chi connectivity index (χ0v) is 13.9. The SMILES string of the molecule is CN(C)Cc1ccc(C2CCCN2c2noc(C3CC3)n2)cc1. The second kappa shape index (κ2) is 5.96. The van der Waals surface area contributed by atoms with Crippen molar-refractivity contribution in [1.82, 2.24) is 15.0 Å². The van der Waals surface area contributed by atoms with Gasteiger partial charge in [0.2, 0.25) is 5.89 Å². The maximum absolute atomic E-state index is 5.44. The monoisotopic (exact) mass is 312 g/mol. The molecule has 2 aliphatic rings. The van der Waals surface area contributed by atoms with E-state index in [2.05, 4.69) is 58.3 Å². The molecule has 1 aliphatic carbocycles. The Balaban J connectivity index is 1.52. The van der Waals surface area contributed by atoms with E-state index in [1.165, 1.54) is 30.4 Å². The Morgan fingerprint density at radius 3 is 2.65 bits per heavy atom. The van der Waals surface area contributed by atoms with E-state index >= 15 is 0 Å². The highest BCUT2D eigenvalue weighted by atomic mass is 16.5. The van der Waals surface area contributed by atoms with E-state index in [0.717, 1.165) is 31.3 Å². The van der Waals surface area contributed by atoms with Crippen molar-refractivity contribution in [1.29, 1.82) is 0 Å². The van der Waals surface area contributed by atoms with Gasteiger partial charge in [0.15, 0.2) is 0 Å². The highest BCUT2D eigenvalue weighted by Gasteiger charge is 2.33. The average Bonchev–Trinajstić information content (AvgIpc) is 3.08. The Bertz CT molecular complexity index is 660. The van der Waals surface area contributed by atoms with Crippen LogP contribution < -0.4 is 4.90 Å². The lowest BCUT2D eigenvalue weighted by Gasteiger charge is -2.23. The van der Waals surface area contributed by atoms with Crippen LogP contribution >= 0.6 is 0 Å². The Morgan fingerprint density at radius 2 is 1.96 bits per heavy atom. The van der Waals surface area contributed by atoms with Gasteiger partial charge in [-0.1, -0.05) is 24.3 Å². The summed E-state index contributed by atoms with van der Waals surface area (Å²) in [5.41, 5.74) is 2.70. The summed E-state index contributed by atoms with van der Waals surface area (Å²) < 4.78 is 5.44. The van der Waals surface area contributed by atoms with Crippen LogP contribution in [-0.2, 0) is 6.54 Å². The summed E-state index contributed by atoms with van der Waals surface area (Å²) in [7, 11) is 4.20. The molecule has 1 unspecified atom stereocenters. The highest BCUT2D eigenvalue weighted by Crippen LogP contribution is 2.41. The van der Waals surface area contributed by atoms with E-state index in [1.807, 2.05) is 0 Å². The molecule has 2 fully saturated rings. The number of aromatic nitrogens is 2. The Morgan fingerprint density at radius 1 is 1.17 bits per heavy atom. The first-order valence-corrected chi connectivity index (χ1v) is 8.54. The number of rotatable bonds is 5. The lowest BCUT2D eigenvalue weighted by atomic mass is 10.0. The van der Waals surface area contributed by atoms with Crippen LogP contribution in [0.2, 0.25) is 0 Å². The van der Waals surface area contributed by atoms with E-state index in [4.69, 9.17) is 4.52 Å². The molecule has 5 nitrogen and oxygen atoms in total. The van der Waals surface area contributed by atoms with Gasteiger partial charge in [-0.15, -0.1) is 0 Å². The minimum absolute atomic E-state index is 0.369. The summed E-state index contributed by atoms with van der Waals surface area (Å²) in [4.78, 5) is 9.12. The Hall–Kier alpha value is -1.88. The molecule has 0 spiro atoms. The van der Waals surface area contributed by atoms with Gasteiger partial charge < -0.3 is 14.3 Å². The van der Waals surface area contributed by atoms with Gasteiger partial charge in [-0.2, -0.15) is 4.98 Å². The molecule has 1 saturated heterocycles. The van der Waals surface area contributed by atoms with Crippen LogP contribution in [0.25, 0.3) is 0 Å². The van der Waals surface area contributed by atoms with E-state index < -0.39 is 0 Å². The van der Waals surface area contributed by atoms with Gasteiger partial charge in [-0.3, -0.25) is 0 Å². The first-order valence-electron chi connectivity index (χ1n) is 8.54. The molecule has 0 radical (unpaired) electrons. The minimum Gasteiger partial charge on any atom is -0.337 e. The molecule has 0 bridgehead atoms. The summed E-state index contributed by atoms with van der Waals surface area (Å²) in [5.74, 6) is 2.11. The van der Waals surface area contributed by atoms with Crippen LogP contribution in [-0.4, -0.2) is 35.7 Å². The number of nitrogens with zero attached hydrogens (tertiary/aromatic N) is 4. The number of hydrogen-bond donors (Lipinski definition) is 0. The molecule has 2 heterocycles.